The largest absolute Gasteiger partial charge is 0.480 e. The van der Waals surface area contributed by atoms with E-state index >= 15 is 0 Å². The Kier molecular flexibility index (Phi) is 4.24. The van der Waals surface area contributed by atoms with Gasteiger partial charge in [0.15, 0.2) is 0 Å². The molecule has 0 heterocycles. The highest BCUT2D eigenvalue weighted by molar-refractivity contribution is 5.85. The molecule has 6 heteroatoms. The van der Waals surface area contributed by atoms with E-state index in [9.17, 15) is 9.59 Å². The topological polar surface area (TPSA) is 107 Å². The average Bonchev–Trinajstić information content (AvgIpc) is 1.98. The number of amides is 1. The molecular formula is C6H11NO5. The third-order valence-electron chi connectivity index (χ3n) is 1.18. The van der Waals surface area contributed by atoms with Crippen LogP contribution in [0.5, 0.6) is 0 Å². The first kappa shape index (κ1) is 10.9. The number of rotatable bonds is 4. The maximum absolute atomic E-state index is 10.7. The molecule has 4 N–H and O–H groups in total. The summed E-state index contributed by atoms with van der Waals surface area (Å²) >= 11 is 0. The van der Waals surface area contributed by atoms with Crippen LogP contribution in [-0.4, -0.2) is 45.9 Å². The maximum atomic E-state index is 10.7. The van der Waals surface area contributed by atoms with Crippen LogP contribution in [0.25, 0.3) is 0 Å². The zero-order valence-electron chi connectivity index (χ0n) is 6.52. The molecule has 0 aromatic heterocycles. The standard InChI is InChI=1S/C6H11NO5/c1-3(9)5(10)7-4(2-8)6(11)12/h3-4,8-9H,2H2,1H3,(H,7,10)(H,11,12)/t3-,4-/m0/s1. The predicted molar refractivity (Wildman–Crippen MR) is 38.3 cm³/mol. The van der Waals surface area contributed by atoms with E-state index in [4.69, 9.17) is 15.3 Å². The number of carbonyl (C=O) groups is 2. The average molecular weight is 177 g/mol. The third-order valence-corrected chi connectivity index (χ3v) is 1.18. The van der Waals surface area contributed by atoms with Crippen LogP contribution in [0.3, 0.4) is 0 Å². The van der Waals surface area contributed by atoms with E-state index in [-0.39, 0.29) is 0 Å². The zero-order valence-corrected chi connectivity index (χ0v) is 6.52. The summed E-state index contributed by atoms with van der Waals surface area (Å²) in [5.41, 5.74) is 0. The van der Waals surface area contributed by atoms with E-state index in [2.05, 4.69) is 0 Å². The lowest BCUT2D eigenvalue weighted by Crippen LogP contribution is -2.46. The highest BCUT2D eigenvalue weighted by atomic mass is 16.4. The quantitative estimate of drug-likeness (QED) is 0.394. The first-order chi connectivity index (χ1) is 5.49. The molecule has 1 amide bonds. The Hall–Kier alpha value is -1.14. The molecule has 0 aliphatic heterocycles. The van der Waals surface area contributed by atoms with Gasteiger partial charge in [0.25, 0.3) is 0 Å². The van der Waals surface area contributed by atoms with Gasteiger partial charge in [0.2, 0.25) is 5.91 Å². The van der Waals surface area contributed by atoms with Gasteiger partial charge in [0, 0.05) is 0 Å². The Bertz CT molecular complexity index is 179. The highest BCUT2D eigenvalue weighted by Gasteiger charge is 2.20. The molecule has 0 aliphatic rings. The molecule has 6 nitrogen and oxygen atoms in total. The van der Waals surface area contributed by atoms with Gasteiger partial charge in [-0.15, -0.1) is 0 Å². The van der Waals surface area contributed by atoms with Crippen LogP contribution in [0.4, 0.5) is 0 Å². The van der Waals surface area contributed by atoms with Gasteiger partial charge in [-0.2, -0.15) is 0 Å². The summed E-state index contributed by atoms with van der Waals surface area (Å²) in [5, 5.41) is 27.4. The molecule has 0 radical (unpaired) electrons. The molecule has 0 aromatic carbocycles. The van der Waals surface area contributed by atoms with Gasteiger partial charge in [0.05, 0.1) is 6.61 Å². The second-order valence-corrected chi connectivity index (χ2v) is 2.26. The number of carboxylic acid groups (broad SMARTS) is 1. The molecule has 70 valence electrons. The Morgan fingerprint density at radius 3 is 2.25 bits per heavy atom. The highest BCUT2D eigenvalue weighted by Crippen LogP contribution is 1.85. The van der Waals surface area contributed by atoms with Crippen molar-refractivity contribution >= 4 is 11.9 Å². The summed E-state index contributed by atoms with van der Waals surface area (Å²) in [4.78, 5) is 20.9. The van der Waals surface area contributed by atoms with Crippen molar-refractivity contribution in [3.05, 3.63) is 0 Å². The van der Waals surface area contributed by atoms with Gasteiger partial charge < -0.3 is 20.6 Å². The third kappa shape index (κ3) is 3.31. The Morgan fingerprint density at radius 2 is 2.00 bits per heavy atom. The van der Waals surface area contributed by atoms with Gasteiger partial charge in [-0.3, -0.25) is 4.79 Å². The monoisotopic (exact) mass is 177 g/mol. The van der Waals surface area contributed by atoms with Gasteiger partial charge in [-0.25, -0.2) is 4.79 Å². The summed E-state index contributed by atoms with van der Waals surface area (Å²) < 4.78 is 0. The minimum absolute atomic E-state index is 0.701. The predicted octanol–water partition coefficient (Wildman–Crippen LogP) is -2.07. The summed E-state index contributed by atoms with van der Waals surface area (Å²) in [6, 6.07) is -1.35. The molecule has 12 heavy (non-hydrogen) atoms. The molecule has 0 fully saturated rings. The van der Waals surface area contributed by atoms with Gasteiger partial charge in [-0.05, 0) is 6.92 Å². The number of hydrogen-bond donors (Lipinski definition) is 4. The van der Waals surface area contributed by atoms with Crippen LogP contribution in [0.1, 0.15) is 6.92 Å². The number of aliphatic hydroxyl groups is 2. The fourth-order valence-corrected chi connectivity index (χ4v) is 0.478. The number of hydrogen-bond acceptors (Lipinski definition) is 4. The Labute approximate surface area is 68.8 Å². The molecule has 2 atom stereocenters. The minimum atomic E-state index is -1.35. The number of aliphatic hydroxyl groups excluding tert-OH is 2. The van der Waals surface area contributed by atoms with Crippen molar-refractivity contribution in [2.75, 3.05) is 6.61 Å². The van der Waals surface area contributed by atoms with Crippen LogP contribution < -0.4 is 5.32 Å². The van der Waals surface area contributed by atoms with Crippen molar-refractivity contribution in [2.45, 2.75) is 19.1 Å². The summed E-state index contributed by atoms with van der Waals surface area (Å²) in [6.07, 6.45) is -1.28. The van der Waals surface area contributed by atoms with Crippen molar-refractivity contribution < 1.29 is 24.9 Å². The van der Waals surface area contributed by atoms with Crippen molar-refractivity contribution in [1.29, 1.82) is 0 Å². The zero-order chi connectivity index (χ0) is 9.72. The number of nitrogens with one attached hydrogen (secondary N) is 1. The summed E-state index contributed by atoms with van der Waals surface area (Å²) in [6.45, 7) is 0.499. The summed E-state index contributed by atoms with van der Waals surface area (Å²) in [5.74, 6) is -2.16. The lowest BCUT2D eigenvalue weighted by atomic mass is 10.3. The van der Waals surface area contributed by atoms with Crippen LogP contribution in [0, 0.1) is 0 Å². The van der Waals surface area contributed by atoms with E-state index in [0.717, 1.165) is 0 Å². The molecule has 0 saturated carbocycles. The van der Waals surface area contributed by atoms with E-state index in [1.807, 2.05) is 5.32 Å². The first-order valence-electron chi connectivity index (χ1n) is 3.31. The smallest absolute Gasteiger partial charge is 0.328 e. The lowest BCUT2D eigenvalue weighted by Gasteiger charge is -2.12. The molecule has 0 spiro atoms. The van der Waals surface area contributed by atoms with Crippen LogP contribution >= 0.6 is 0 Å². The minimum Gasteiger partial charge on any atom is -0.480 e. The van der Waals surface area contributed by atoms with Crippen molar-refractivity contribution in [2.24, 2.45) is 0 Å². The summed E-state index contributed by atoms with van der Waals surface area (Å²) in [7, 11) is 0. The lowest BCUT2D eigenvalue weighted by molar-refractivity contribution is -0.144. The number of carboxylic acids is 1. The molecule has 0 aliphatic carbocycles. The fraction of sp³-hybridized carbons (Fsp3) is 0.667. The van der Waals surface area contributed by atoms with E-state index in [1.54, 1.807) is 0 Å². The number of aliphatic carboxylic acids is 1. The van der Waals surface area contributed by atoms with Gasteiger partial charge in [-0.1, -0.05) is 0 Å². The van der Waals surface area contributed by atoms with Gasteiger partial charge in [0.1, 0.15) is 12.1 Å². The van der Waals surface area contributed by atoms with E-state index in [0.29, 0.717) is 0 Å². The Balaban J connectivity index is 4.03. The normalized spacial score (nSPS) is 14.9. The maximum Gasteiger partial charge on any atom is 0.328 e. The first-order valence-corrected chi connectivity index (χ1v) is 3.31. The second kappa shape index (κ2) is 4.68. The molecular weight excluding hydrogens is 166 g/mol. The number of carbonyl (C=O) groups excluding carboxylic acids is 1. The van der Waals surface area contributed by atoms with Crippen LogP contribution in [0.2, 0.25) is 0 Å². The molecule has 0 bridgehead atoms. The van der Waals surface area contributed by atoms with Crippen molar-refractivity contribution in [3.63, 3.8) is 0 Å². The molecule has 0 unspecified atom stereocenters. The van der Waals surface area contributed by atoms with Gasteiger partial charge >= 0.3 is 5.97 Å². The SMILES string of the molecule is C[C@H](O)C(=O)N[C@@H](CO)C(=O)O. The van der Waals surface area contributed by atoms with Crippen LogP contribution in [-0.2, 0) is 9.59 Å². The van der Waals surface area contributed by atoms with Crippen LogP contribution in [0.15, 0.2) is 0 Å². The van der Waals surface area contributed by atoms with E-state index in [1.165, 1.54) is 6.92 Å². The fourth-order valence-electron chi connectivity index (χ4n) is 0.478. The van der Waals surface area contributed by atoms with Crippen molar-refractivity contribution in [1.82, 2.24) is 5.32 Å². The molecule has 0 rings (SSSR count). The second-order valence-electron chi connectivity index (χ2n) is 2.26. The van der Waals surface area contributed by atoms with Crippen molar-refractivity contribution in [3.8, 4) is 0 Å². The molecule has 0 aromatic rings. The Morgan fingerprint density at radius 1 is 1.50 bits per heavy atom. The van der Waals surface area contributed by atoms with E-state index < -0.39 is 30.6 Å². The molecule has 0 saturated heterocycles.